The number of halogens is 2. The smallest absolute Gasteiger partial charge is 0.354 e. The Morgan fingerprint density at radius 1 is 1.29 bits per heavy atom. The van der Waals surface area contributed by atoms with Crippen LogP contribution in [0.1, 0.15) is 10.4 Å². The summed E-state index contributed by atoms with van der Waals surface area (Å²) in [5.74, 6) is -3.81. The van der Waals surface area contributed by atoms with Crippen LogP contribution in [0.15, 0.2) is 30.0 Å². The first-order chi connectivity index (χ1) is 7.95. The highest BCUT2D eigenvalue weighted by molar-refractivity contribution is 6.08. The second-order valence-electron chi connectivity index (χ2n) is 3.08. The molecule has 0 radical (unpaired) electrons. The van der Waals surface area contributed by atoms with E-state index < -0.39 is 29.1 Å². The SMILES string of the molecule is COC(=O)/C(N)=C/C(=O)c1ccc(F)c(F)c1. The van der Waals surface area contributed by atoms with Gasteiger partial charge in [0.15, 0.2) is 17.4 Å². The summed E-state index contributed by atoms with van der Waals surface area (Å²) in [5.41, 5.74) is 4.70. The number of hydrogen-bond acceptors (Lipinski definition) is 4. The van der Waals surface area contributed by atoms with Gasteiger partial charge in [-0.05, 0) is 18.2 Å². The van der Waals surface area contributed by atoms with Crippen molar-refractivity contribution in [2.45, 2.75) is 0 Å². The Hall–Kier alpha value is -2.24. The van der Waals surface area contributed by atoms with Crippen molar-refractivity contribution in [3.8, 4) is 0 Å². The fourth-order valence-corrected chi connectivity index (χ4v) is 1.05. The van der Waals surface area contributed by atoms with Gasteiger partial charge in [-0.2, -0.15) is 0 Å². The molecular weight excluding hydrogens is 232 g/mol. The third-order valence-electron chi connectivity index (χ3n) is 1.91. The second-order valence-corrected chi connectivity index (χ2v) is 3.08. The average molecular weight is 241 g/mol. The molecule has 1 aromatic rings. The van der Waals surface area contributed by atoms with E-state index in [-0.39, 0.29) is 5.56 Å². The number of hydrogen-bond donors (Lipinski definition) is 1. The molecule has 0 bridgehead atoms. The Balaban J connectivity index is 2.98. The van der Waals surface area contributed by atoms with E-state index in [0.717, 1.165) is 31.4 Å². The summed E-state index contributed by atoms with van der Waals surface area (Å²) >= 11 is 0. The fourth-order valence-electron chi connectivity index (χ4n) is 1.05. The van der Waals surface area contributed by atoms with E-state index in [1.807, 2.05) is 0 Å². The van der Waals surface area contributed by atoms with Gasteiger partial charge in [0.25, 0.3) is 0 Å². The molecule has 0 aliphatic carbocycles. The minimum Gasteiger partial charge on any atom is -0.464 e. The number of benzene rings is 1. The second kappa shape index (κ2) is 5.20. The molecule has 0 saturated carbocycles. The van der Waals surface area contributed by atoms with E-state index in [0.29, 0.717) is 0 Å². The maximum Gasteiger partial charge on any atom is 0.354 e. The van der Waals surface area contributed by atoms with Crippen LogP contribution < -0.4 is 5.73 Å². The molecule has 0 heterocycles. The van der Waals surface area contributed by atoms with E-state index in [1.54, 1.807) is 0 Å². The lowest BCUT2D eigenvalue weighted by molar-refractivity contribution is -0.136. The van der Waals surface area contributed by atoms with Gasteiger partial charge in [-0.1, -0.05) is 0 Å². The minimum absolute atomic E-state index is 0.115. The third-order valence-corrected chi connectivity index (χ3v) is 1.91. The number of carbonyl (C=O) groups excluding carboxylic acids is 2. The standard InChI is InChI=1S/C11H9F2NO3/c1-17-11(16)9(14)5-10(15)6-2-3-7(12)8(13)4-6/h2-5H,14H2,1H3/b9-5-. The van der Waals surface area contributed by atoms with Crippen LogP contribution >= 0.6 is 0 Å². The molecule has 0 aliphatic heterocycles. The molecule has 0 aliphatic rings. The monoisotopic (exact) mass is 241 g/mol. The molecule has 1 aromatic carbocycles. The van der Waals surface area contributed by atoms with Gasteiger partial charge in [0.1, 0.15) is 5.70 Å². The predicted octanol–water partition coefficient (Wildman–Crippen LogP) is 1.16. The Morgan fingerprint density at radius 2 is 1.94 bits per heavy atom. The first-order valence-electron chi connectivity index (χ1n) is 4.50. The molecular formula is C11H9F2NO3. The molecule has 0 atom stereocenters. The van der Waals surface area contributed by atoms with E-state index in [2.05, 4.69) is 4.74 Å². The summed E-state index contributed by atoms with van der Waals surface area (Å²) in [6.07, 6.45) is 0.790. The van der Waals surface area contributed by atoms with E-state index in [1.165, 1.54) is 0 Å². The molecule has 0 fully saturated rings. The van der Waals surface area contributed by atoms with E-state index in [4.69, 9.17) is 5.73 Å². The molecule has 0 unspecified atom stereocenters. The number of nitrogens with two attached hydrogens (primary N) is 1. The lowest BCUT2D eigenvalue weighted by atomic mass is 10.1. The van der Waals surface area contributed by atoms with Crippen molar-refractivity contribution >= 4 is 11.8 Å². The lowest BCUT2D eigenvalue weighted by Gasteiger charge is -2.00. The summed E-state index contributed by atoms with van der Waals surface area (Å²) in [6.45, 7) is 0. The maximum absolute atomic E-state index is 12.8. The number of allylic oxidation sites excluding steroid dienone is 1. The Bertz CT molecular complexity index is 497. The highest BCUT2D eigenvalue weighted by Gasteiger charge is 2.11. The molecule has 0 saturated heterocycles. The van der Waals surface area contributed by atoms with Gasteiger partial charge < -0.3 is 10.5 Å². The highest BCUT2D eigenvalue weighted by atomic mass is 19.2. The van der Waals surface area contributed by atoms with Crippen molar-refractivity contribution in [2.75, 3.05) is 7.11 Å². The topological polar surface area (TPSA) is 69.4 Å². The number of rotatable bonds is 3. The minimum atomic E-state index is -1.15. The van der Waals surface area contributed by atoms with Crippen molar-refractivity contribution in [2.24, 2.45) is 5.73 Å². The van der Waals surface area contributed by atoms with Crippen LogP contribution in [0.25, 0.3) is 0 Å². The Labute approximate surface area is 95.7 Å². The number of carbonyl (C=O) groups is 2. The molecule has 0 amide bonds. The van der Waals surface area contributed by atoms with Crippen LogP contribution in [-0.2, 0) is 9.53 Å². The Morgan fingerprint density at radius 3 is 2.47 bits per heavy atom. The zero-order valence-electron chi connectivity index (χ0n) is 8.87. The van der Waals surface area contributed by atoms with E-state index in [9.17, 15) is 18.4 Å². The predicted molar refractivity (Wildman–Crippen MR) is 55.0 cm³/mol. The van der Waals surface area contributed by atoms with Gasteiger partial charge >= 0.3 is 5.97 Å². The van der Waals surface area contributed by atoms with Crippen LogP contribution in [0.5, 0.6) is 0 Å². The van der Waals surface area contributed by atoms with Gasteiger partial charge in [0, 0.05) is 11.6 Å². The van der Waals surface area contributed by atoms with Crippen LogP contribution in [0.3, 0.4) is 0 Å². The van der Waals surface area contributed by atoms with Gasteiger partial charge in [-0.25, -0.2) is 13.6 Å². The summed E-state index contributed by atoms with van der Waals surface area (Å²) in [4.78, 5) is 22.4. The number of ether oxygens (including phenoxy) is 1. The molecule has 6 heteroatoms. The quantitative estimate of drug-likeness (QED) is 0.490. The van der Waals surface area contributed by atoms with Gasteiger partial charge in [-0.3, -0.25) is 4.79 Å². The highest BCUT2D eigenvalue weighted by Crippen LogP contribution is 2.10. The van der Waals surface area contributed by atoms with Crippen molar-refractivity contribution in [3.05, 3.63) is 47.2 Å². The zero-order chi connectivity index (χ0) is 13.0. The van der Waals surface area contributed by atoms with Crippen molar-refractivity contribution in [1.29, 1.82) is 0 Å². The summed E-state index contributed by atoms with van der Waals surface area (Å²) in [6, 6.07) is 2.62. The fraction of sp³-hybridized carbons (Fsp3) is 0.0909. The largest absolute Gasteiger partial charge is 0.464 e. The number of esters is 1. The van der Waals surface area contributed by atoms with Gasteiger partial charge in [0.05, 0.1) is 7.11 Å². The maximum atomic E-state index is 12.8. The molecule has 0 aromatic heterocycles. The van der Waals surface area contributed by atoms with Gasteiger partial charge in [0.2, 0.25) is 0 Å². The average Bonchev–Trinajstić information content (AvgIpc) is 2.31. The first-order valence-corrected chi connectivity index (χ1v) is 4.50. The Kier molecular flexibility index (Phi) is 3.92. The molecule has 0 spiro atoms. The number of methoxy groups -OCH3 is 1. The molecule has 90 valence electrons. The van der Waals surface area contributed by atoms with Crippen molar-refractivity contribution in [3.63, 3.8) is 0 Å². The summed E-state index contributed by atoms with van der Waals surface area (Å²) < 4.78 is 29.7. The van der Waals surface area contributed by atoms with Crippen LogP contribution in [0.4, 0.5) is 8.78 Å². The van der Waals surface area contributed by atoms with Crippen molar-refractivity contribution < 1.29 is 23.1 Å². The van der Waals surface area contributed by atoms with Crippen LogP contribution in [0, 0.1) is 11.6 Å². The summed E-state index contributed by atoms with van der Waals surface area (Å²) in [7, 11) is 1.10. The molecule has 4 nitrogen and oxygen atoms in total. The molecule has 1 rings (SSSR count). The van der Waals surface area contributed by atoms with Crippen LogP contribution in [-0.4, -0.2) is 18.9 Å². The lowest BCUT2D eigenvalue weighted by Crippen LogP contribution is -2.14. The zero-order valence-corrected chi connectivity index (χ0v) is 8.87. The normalized spacial score (nSPS) is 11.1. The molecule has 17 heavy (non-hydrogen) atoms. The number of ketones is 1. The van der Waals surface area contributed by atoms with Gasteiger partial charge in [-0.15, -0.1) is 0 Å². The molecule has 2 N–H and O–H groups in total. The van der Waals surface area contributed by atoms with Crippen molar-refractivity contribution in [1.82, 2.24) is 0 Å². The first kappa shape index (κ1) is 12.8. The van der Waals surface area contributed by atoms with E-state index >= 15 is 0 Å². The third kappa shape index (κ3) is 3.10. The summed E-state index contributed by atoms with van der Waals surface area (Å²) in [5, 5.41) is 0. The van der Waals surface area contributed by atoms with Crippen LogP contribution in [0.2, 0.25) is 0 Å².